The van der Waals surface area contributed by atoms with Gasteiger partial charge in [0.05, 0.1) is 0 Å². The number of unbranched alkanes of at least 4 members (excludes halogenated alkanes) is 2. The van der Waals surface area contributed by atoms with E-state index in [0.29, 0.717) is 0 Å². The smallest absolute Gasteiger partial charge is 0.00213 e. The summed E-state index contributed by atoms with van der Waals surface area (Å²) in [6.45, 7) is 7.06. The Kier molecular flexibility index (Phi) is 46.1. The van der Waals surface area contributed by atoms with Crippen molar-refractivity contribution in [2.75, 3.05) is 20.1 Å². The Morgan fingerprint density at radius 3 is 1.27 bits per heavy atom. The second-order valence-corrected chi connectivity index (χ2v) is 3.36. The highest BCUT2D eigenvalue weighted by atomic mass is 16.0. The third kappa shape index (κ3) is 24.8. The van der Waals surface area contributed by atoms with E-state index in [0.717, 1.165) is 0 Å². The molecular formula is C10H33N3O2. The highest BCUT2D eigenvalue weighted by Crippen LogP contribution is 2.02. The van der Waals surface area contributed by atoms with Crippen LogP contribution in [0.3, 0.4) is 0 Å². The first-order valence-electron chi connectivity index (χ1n) is 4.99. The summed E-state index contributed by atoms with van der Waals surface area (Å²) in [6.07, 6.45) is 6.90. The molecule has 100 valence electrons. The molecule has 1 saturated heterocycles. The van der Waals surface area contributed by atoms with Crippen LogP contribution in [-0.4, -0.2) is 36.0 Å². The zero-order valence-electron chi connectivity index (χ0n) is 10.8. The molecule has 0 aromatic carbocycles. The predicted octanol–water partition coefficient (Wildman–Crippen LogP) is 1.58. The molecule has 1 fully saturated rings. The van der Waals surface area contributed by atoms with Gasteiger partial charge in [-0.25, -0.2) is 0 Å². The minimum absolute atomic E-state index is 0. The zero-order valence-corrected chi connectivity index (χ0v) is 10.8. The van der Waals surface area contributed by atoms with E-state index in [4.69, 9.17) is 0 Å². The molecule has 1 rings (SSSR count). The Bertz CT molecular complexity index is 77.1. The summed E-state index contributed by atoms with van der Waals surface area (Å²) in [5.74, 6) is 0. The fourth-order valence-electron chi connectivity index (χ4n) is 1.23. The normalized spacial score (nSPS) is 13.0. The van der Waals surface area contributed by atoms with Crippen LogP contribution in [0.25, 0.3) is 0 Å². The van der Waals surface area contributed by atoms with Crippen LogP contribution in [0.4, 0.5) is 0 Å². The summed E-state index contributed by atoms with van der Waals surface area (Å²) in [7, 11) is 2.17. The van der Waals surface area contributed by atoms with E-state index < -0.39 is 0 Å². The van der Waals surface area contributed by atoms with Crippen LogP contribution in [0.2, 0.25) is 0 Å². The lowest BCUT2D eigenvalue weighted by atomic mass is 10.3. The lowest BCUT2D eigenvalue weighted by Gasteiger charge is -2.01. The lowest BCUT2D eigenvalue weighted by Crippen LogP contribution is -2.10. The second-order valence-electron chi connectivity index (χ2n) is 3.36. The highest BCUT2D eigenvalue weighted by molar-refractivity contribution is 4.59. The maximum atomic E-state index is 2.36. The van der Waals surface area contributed by atoms with Gasteiger partial charge in [0, 0.05) is 0 Å². The average Bonchev–Trinajstić information content (AvgIpc) is 2.43. The Hall–Kier alpha value is -0.200. The molecule has 5 heteroatoms. The third-order valence-corrected chi connectivity index (χ3v) is 2.04. The van der Waals surface area contributed by atoms with Crippen molar-refractivity contribution in [1.29, 1.82) is 0 Å². The Balaban J connectivity index is -0.0000000356. The lowest BCUT2D eigenvalue weighted by molar-refractivity contribution is 0.418. The van der Waals surface area contributed by atoms with Gasteiger partial charge in [-0.15, -0.1) is 0 Å². The molecule has 0 saturated carbocycles. The van der Waals surface area contributed by atoms with Crippen molar-refractivity contribution in [2.45, 2.75) is 46.0 Å². The van der Waals surface area contributed by atoms with Crippen molar-refractivity contribution in [1.82, 2.24) is 17.2 Å². The van der Waals surface area contributed by atoms with E-state index in [1.54, 1.807) is 0 Å². The number of likely N-dealkylation sites (tertiary alicyclic amines) is 1. The van der Waals surface area contributed by atoms with Crippen LogP contribution < -0.4 is 12.3 Å². The fourth-order valence-corrected chi connectivity index (χ4v) is 1.23. The molecule has 0 bridgehead atoms. The van der Waals surface area contributed by atoms with E-state index in [2.05, 4.69) is 25.8 Å². The molecule has 0 aliphatic carbocycles. The largest absolute Gasteiger partial charge is 0.412 e. The van der Waals surface area contributed by atoms with E-state index in [-0.39, 0.29) is 23.3 Å². The standard InChI is InChI=1S/C5H11N.C5H12.2H3N.2H2O/c1-6-4-2-3-5-6;1-3-5-4-2;;;;/h2-5H2,1H3;3-5H2,1-2H3;2*1H3;2*1H2. The predicted molar refractivity (Wildman–Crippen MR) is 69.2 cm³/mol. The molecule has 1 aliphatic heterocycles. The number of hydrogen-bond acceptors (Lipinski definition) is 3. The highest BCUT2D eigenvalue weighted by Gasteiger charge is 2.03. The van der Waals surface area contributed by atoms with E-state index in [1.165, 1.54) is 45.2 Å². The summed E-state index contributed by atoms with van der Waals surface area (Å²) in [6, 6.07) is 0. The van der Waals surface area contributed by atoms with Crippen LogP contribution in [0, 0.1) is 0 Å². The van der Waals surface area contributed by atoms with Crippen LogP contribution in [-0.2, 0) is 0 Å². The molecule has 5 nitrogen and oxygen atoms in total. The molecule has 1 aliphatic rings. The van der Waals surface area contributed by atoms with Crippen molar-refractivity contribution in [3.05, 3.63) is 0 Å². The van der Waals surface area contributed by atoms with Gasteiger partial charge in [0.1, 0.15) is 0 Å². The number of hydrogen-bond donors (Lipinski definition) is 2. The number of rotatable bonds is 2. The number of nitrogens with zero attached hydrogens (tertiary/aromatic N) is 1. The quantitative estimate of drug-likeness (QED) is 0.740. The van der Waals surface area contributed by atoms with Crippen LogP contribution in [0.15, 0.2) is 0 Å². The van der Waals surface area contributed by atoms with Gasteiger partial charge < -0.3 is 28.2 Å². The van der Waals surface area contributed by atoms with Crippen LogP contribution in [0.1, 0.15) is 46.0 Å². The molecule has 0 atom stereocenters. The second kappa shape index (κ2) is 23.5. The minimum Gasteiger partial charge on any atom is -0.412 e. The summed E-state index contributed by atoms with van der Waals surface area (Å²) in [5, 5.41) is 0. The summed E-state index contributed by atoms with van der Waals surface area (Å²) >= 11 is 0. The first-order valence-corrected chi connectivity index (χ1v) is 4.99. The average molecular weight is 227 g/mol. The van der Waals surface area contributed by atoms with Gasteiger partial charge in [-0.2, -0.15) is 0 Å². The monoisotopic (exact) mass is 227 g/mol. The van der Waals surface area contributed by atoms with Gasteiger partial charge in [0.25, 0.3) is 0 Å². The third-order valence-electron chi connectivity index (χ3n) is 2.04. The molecule has 0 unspecified atom stereocenters. The van der Waals surface area contributed by atoms with Crippen molar-refractivity contribution < 1.29 is 11.0 Å². The van der Waals surface area contributed by atoms with Gasteiger partial charge in [-0.1, -0.05) is 33.1 Å². The minimum atomic E-state index is 0. The van der Waals surface area contributed by atoms with Gasteiger partial charge in [-0.3, -0.25) is 0 Å². The molecule has 1 heterocycles. The van der Waals surface area contributed by atoms with Crippen molar-refractivity contribution in [3.63, 3.8) is 0 Å². The van der Waals surface area contributed by atoms with Gasteiger partial charge in [0.2, 0.25) is 0 Å². The van der Waals surface area contributed by atoms with Gasteiger partial charge >= 0.3 is 0 Å². The molecule has 0 amide bonds. The SMILES string of the molecule is CCCCC.CN1CCCC1.N.N.O.O. The first kappa shape index (κ1) is 29.3. The van der Waals surface area contributed by atoms with E-state index >= 15 is 0 Å². The molecule has 0 spiro atoms. The molecule has 0 aromatic rings. The van der Waals surface area contributed by atoms with Gasteiger partial charge in [-0.05, 0) is 33.0 Å². The molecule has 15 heavy (non-hydrogen) atoms. The van der Waals surface area contributed by atoms with Crippen molar-refractivity contribution >= 4 is 0 Å². The summed E-state index contributed by atoms with van der Waals surface area (Å²) in [4.78, 5) is 2.36. The molecular weight excluding hydrogens is 194 g/mol. The first-order chi connectivity index (χ1) is 5.31. The summed E-state index contributed by atoms with van der Waals surface area (Å²) in [5.41, 5.74) is 0. The van der Waals surface area contributed by atoms with Gasteiger partial charge in [0.15, 0.2) is 0 Å². The van der Waals surface area contributed by atoms with Crippen molar-refractivity contribution in [2.24, 2.45) is 0 Å². The Labute approximate surface area is 95.0 Å². The van der Waals surface area contributed by atoms with Crippen LogP contribution >= 0.6 is 0 Å². The van der Waals surface area contributed by atoms with Crippen LogP contribution in [0.5, 0.6) is 0 Å². The fraction of sp³-hybridized carbons (Fsp3) is 1.00. The topological polar surface area (TPSA) is 136 Å². The molecule has 0 radical (unpaired) electrons. The maximum Gasteiger partial charge on any atom is -0.00213 e. The Morgan fingerprint density at radius 1 is 0.867 bits per heavy atom. The molecule has 10 N–H and O–H groups in total. The van der Waals surface area contributed by atoms with E-state index in [1.807, 2.05) is 0 Å². The zero-order chi connectivity index (χ0) is 8.53. The molecule has 0 aromatic heterocycles. The van der Waals surface area contributed by atoms with E-state index in [9.17, 15) is 0 Å². The Morgan fingerprint density at radius 2 is 1.20 bits per heavy atom. The maximum absolute atomic E-state index is 2.36. The summed E-state index contributed by atoms with van der Waals surface area (Å²) < 4.78 is 0. The van der Waals surface area contributed by atoms with Crippen molar-refractivity contribution in [3.8, 4) is 0 Å².